The van der Waals surface area contributed by atoms with Gasteiger partial charge in [-0.2, -0.15) is 8.78 Å². The average molecular weight is 293 g/mol. The van der Waals surface area contributed by atoms with Crippen LogP contribution in [0.5, 0.6) is 5.75 Å². The highest BCUT2D eigenvalue weighted by Gasteiger charge is 2.17. The van der Waals surface area contributed by atoms with Crippen molar-refractivity contribution < 1.29 is 13.5 Å². The maximum atomic E-state index is 12.0. The van der Waals surface area contributed by atoms with Crippen LogP contribution in [0.25, 0.3) is 0 Å². The molecule has 2 rings (SSSR count). The molecule has 1 fully saturated rings. The molecular formula is C13H19ClF2N2O. The van der Waals surface area contributed by atoms with Gasteiger partial charge in [-0.1, -0.05) is 12.1 Å². The van der Waals surface area contributed by atoms with Crippen LogP contribution in [-0.4, -0.2) is 37.2 Å². The fourth-order valence-electron chi connectivity index (χ4n) is 2.13. The standard InChI is InChI=1S/C13H18F2N2O.ClH/c1-10-8-16-6-7-17(10)9-11-2-4-12(5-3-11)18-13(14)15;/h2-5,10,13,16H,6-9H2,1H3;1H/t10-;/m0./s1. The van der Waals surface area contributed by atoms with Gasteiger partial charge in [0.1, 0.15) is 5.75 Å². The van der Waals surface area contributed by atoms with Crippen molar-refractivity contribution >= 4 is 12.4 Å². The van der Waals surface area contributed by atoms with Crippen molar-refractivity contribution in [2.75, 3.05) is 19.6 Å². The van der Waals surface area contributed by atoms with E-state index >= 15 is 0 Å². The molecule has 0 spiro atoms. The van der Waals surface area contributed by atoms with Gasteiger partial charge in [0.15, 0.2) is 0 Å². The number of benzene rings is 1. The molecule has 0 radical (unpaired) electrons. The van der Waals surface area contributed by atoms with Crippen LogP contribution < -0.4 is 10.1 Å². The molecule has 6 heteroatoms. The second-order valence-electron chi connectivity index (χ2n) is 4.55. The summed E-state index contributed by atoms with van der Waals surface area (Å²) in [5, 5.41) is 3.34. The van der Waals surface area contributed by atoms with E-state index in [4.69, 9.17) is 0 Å². The third kappa shape index (κ3) is 4.93. The first kappa shape index (κ1) is 16.1. The highest BCUT2D eigenvalue weighted by molar-refractivity contribution is 5.85. The average Bonchev–Trinajstić information content (AvgIpc) is 2.34. The predicted molar refractivity (Wildman–Crippen MR) is 73.1 cm³/mol. The Hall–Kier alpha value is -0.910. The van der Waals surface area contributed by atoms with Crippen molar-refractivity contribution in [2.45, 2.75) is 26.1 Å². The Bertz CT molecular complexity index is 375. The van der Waals surface area contributed by atoms with Crippen molar-refractivity contribution in [2.24, 2.45) is 0 Å². The number of halogens is 3. The Morgan fingerprint density at radius 3 is 2.63 bits per heavy atom. The number of nitrogens with zero attached hydrogens (tertiary/aromatic N) is 1. The normalized spacial score (nSPS) is 20.1. The van der Waals surface area contributed by atoms with Crippen LogP contribution in [0.15, 0.2) is 24.3 Å². The summed E-state index contributed by atoms with van der Waals surface area (Å²) in [6.07, 6.45) is 0. The minimum atomic E-state index is -2.76. The summed E-state index contributed by atoms with van der Waals surface area (Å²) in [6.45, 7) is 3.27. The summed E-state index contributed by atoms with van der Waals surface area (Å²) < 4.78 is 28.3. The molecule has 0 aliphatic carbocycles. The van der Waals surface area contributed by atoms with Crippen LogP contribution in [0, 0.1) is 0 Å². The van der Waals surface area contributed by atoms with E-state index in [9.17, 15) is 8.78 Å². The number of alkyl halides is 2. The quantitative estimate of drug-likeness (QED) is 0.923. The fourth-order valence-corrected chi connectivity index (χ4v) is 2.13. The minimum absolute atomic E-state index is 0. The van der Waals surface area contributed by atoms with Crippen molar-refractivity contribution in [1.29, 1.82) is 0 Å². The van der Waals surface area contributed by atoms with Gasteiger partial charge in [0.2, 0.25) is 0 Å². The zero-order chi connectivity index (χ0) is 13.0. The molecule has 1 atom stereocenters. The lowest BCUT2D eigenvalue weighted by atomic mass is 10.1. The van der Waals surface area contributed by atoms with Gasteiger partial charge < -0.3 is 10.1 Å². The number of rotatable bonds is 4. The van der Waals surface area contributed by atoms with E-state index in [0.717, 1.165) is 31.7 Å². The van der Waals surface area contributed by atoms with Gasteiger partial charge in [-0.3, -0.25) is 4.90 Å². The summed E-state index contributed by atoms with van der Waals surface area (Å²) in [7, 11) is 0. The van der Waals surface area contributed by atoms with Crippen LogP contribution in [0.4, 0.5) is 8.78 Å². The first-order valence-electron chi connectivity index (χ1n) is 6.13. The smallest absolute Gasteiger partial charge is 0.387 e. The molecule has 0 aromatic heterocycles. The van der Waals surface area contributed by atoms with Crippen LogP contribution in [0.2, 0.25) is 0 Å². The number of piperazine rings is 1. The van der Waals surface area contributed by atoms with E-state index in [2.05, 4.69) is 21.9 Å². The highest BCUT2D eigenvalue weighted by Crippen LogP contribution is 2.17. The minimum Gasteiger partial charge on any atom is -0.435 e. The fraction of sp³-hybridized carbons (Fsp3) is 0.538. The highest BCUT2D eigenvalue weighted by atomic mass is 35.5. The van der Waals surface area contributed by atoms with Crippen LogP contribution in [0.3, 0.4) is 0 Å². The van der Waals surface area contributed by atoms with E-state index in [0.29, 0.717) is 6.04 Å². The van der Waals surface area contributed by atoms with Crippen molar-refractivity contribution in [3.8, 4) is 5.75 Å². The lowest BCUT2D eigenvalue weighted by Gasteiger charge is -2.33. The van der Waals surface area contributed by atoms with Gasteiger partial charge in [-0.25, -0.2) is 0 Å². The Kier molecular flexibility index (Phi) is 6.48. The number of nitrogens with one attached hydrogen (secondary N) is 1. The van der Waals surface area contributed by atoms with Crippen molar-refractivity contribution in [1.82, 2.24) is 10.2 Å². The molecule has 0 unspecified atom stereocenters. The number of hydrogen-bond donors (Lipinski definition) is 1. The molecule has 0 amide bonds. The molecule has 1 N–H and O–H groups in total. The maximum Gasteiger partial charge on any atom is 0.387 e. The SMILES string of the molecule is C[C@H]1CNCCN1Cc1ccc(OC(F)F)cc1.Cl. The molecular weight excluding hydrogens is 274 g/mol. The largest absolute Gasteiger partial charge is 0.435 e. The summed E-state index contributed by atoms with van der Waals surface area (Å²) in [4.78, 5) is 2.37. The third-order valence-corrected chi connectivity index (χ3v) is 3.17. The van der Waals surface area contributed by atoms with Crippen molar-refractivity contribution in [3.63, 3.8) is 0 Å². The van der Waals surface area contributed by atoms with E-state index in [1.165, 1.54) is 0 Å². The Morgan fingerprint density at radius 1 is 1.37 bits per heavy atom. The molecule has 0 bridgehead atoms. The molecule has 0 saturated carbocycles. The molecule has 1 aliphatic rings. The first-order chi connectivity index (χ1) is 8.65. The predicted octanol–water partition coefficient (Wildman–Crippen LogP) is 2.50. The van der Waals surface area contributed by atoms with E-state index in [-0.39, 0.29) is 18.2 Å². The van der Waals surface area contributed by atoms with Gasteiger partial charge in [0.05, 0.1) is 0 Å². The van der Waals surface area contributed by atoms with Crippen LogP contribution in [-0.2, 0) is 6.54 Å². The summed E-state index contributed by atoms with van der Waals surface area (Å²) in [6, 6.07) is 7.36. The summed E-state index contributed by atoms with van der Waals surface area (Å²) in [5.74, 6) is 0.210. The molecule has 19 heavy (non-hydrogen) atoms. The zero-order valence-electron chi connectivity index (χ0n) is 10.8. The second kappa shape index (κ2) is 7.62. The second-order valence-corrected chi connectivity index (χ2v) is 4.55. The topological polar surface area (TPSA) is 24.5 Å². The van der Waals surface area contributed by atoms with Crippen molar-refractivity contribution in [3.05, 3.63) is 29.8 Å². The zero-order valence-corrected chi connectivity index (χ0v) is 11.6. The number of ether oxygens (including phenoxy) is 1. The number of hydrogen-bond acceptors (Lipinski definition) is 3. The van der Waals surface area contributed by atoms with Gasteiger partial charge in [0.25, 0.3) is 0 Å². The molecule has 1 aromatic rings. The van der Waals surface area contributed by atoms with E-state index in [1.807, 2.05) is 12.1 Å². The monoisotopic (exact) mass is 292 g/mol. The molecule has 1 saturated heterocycles. The molecule has 108 valence electrons. The third-order valence-electron chi connectivity index (χ3n) is 3.17. The first-order valence-corrected chi connectivity index (χ1v) is 6.13. The van der Waals surface area contributed by atoms with Crippen LogP contribution in [0.1, 0.15) is 12.5 Å². The Balaban J connectivity index is 0.00000180. The molecule has 1 aromatic carbocycles. The summed E-state index contributed by atoms with van der Waals surface area (Å²) in [5.41, 5.74) is 1.12. The maximum absolute atomic E-state index is 12.0. The lowest BCUT2D eigenvalue weighted by molar-refractivity contribution is -0.0498. The Labute approximate surface area is 118 Å². The van der Waals surface area contributed by atoms with Gasteiger partial charge in [-0.05, 0) is 24.6 Å². The lowest BCUT2D eigenvalue weighted by Crippen LogP contribution is -2.49. The molecule has 3 nitrogen and oxygen atoms in total. The summed E-state index contributed by atoms with van der Waals surface area (Å²) >= 11 is 0. The molecule has 1 aliphatic heterocycles. The van der Waals surface area contributed by atoms with Gasteiger partial charge in [-0.15, -0.1) is 12.4 Å². The van der Waals surface area contributed by atoms with E-state index < -0.39 is 6.61 Å². The van der Waals surface area contributed by atoms with Crippen LogP contribution >= 0.6 is 12.4 Å². The van der Waals surface area contributed by atoms with E-state index in [1.54, 1.807) is 12.1 Å². The van der Waals surface area contributed by atoms with Gasteiger partial charge >= 0.3 is 6.61 Å². The molecule has 1 heterocycles. The Morgan fingerprint density at radius 2 is 2.05 bits per heavy atom. The van der Waals surface area contributed by atoms with Gasteiger partial charge in [0, 0.05) is 32.2 Å².